The summed E-state index contributed by atoms with van der Waals surface area (Å²) in [5.41, 5.74) is 6.52. The number of esters is 1. The first-order valence-corrected chi connectivity index (χ1v) is 9.86. The van der Waals surface area contributed by atoms with E-state index in [2.05, 4.69) is 4.98 Å². The molecular weight excluding hydrogens is 400 g/mol. The summed E-state index contributed by atoms with van der Waals surface area (Å²) < 4.78 is 8.97. The van der Waals surface area contributed by atoms with Crippen LogP contribution in [0.3, 0.4) is 0 Å². The monoisotopic (exact) mass is 426 g/mol. The number of amidine groups is 1. The molecule has 0 fully saturated rings. The lowest BCUT2D eigenvalue weighted by Crippen LogP contribution is -2.39. The number of carbonyl (C=O) groups excluding carboxylic acids is 1. The molecule has 0 radical (unpaired) electrons. The largest absolute Gasteiger partial charge is 0.469 e. The van der Waals surface area contributed by atoms with Gasteiger partial charge in [-0.2, -0.15) is 0 Å². The maximum Gasteiger partial charge on any atom is 0.332 e. The normalized spacial score (nSPS) is 12.1. The van der Waals surface area contributed by atoms with Crippen molar-refractivity contribution in [2.45, 2.75) is 26.3 Å². The molecule has 0 aliphatic carbocycles. The van der Waals surface area contributed by atoms with Crippen LogP contribution < -0.4 is 17.0 Å². The predicted octanol–water partition coefficient (Wildman–Crippen LogP) is 0.974. The molecule has 10 nitrogen and oxygen atoms in total. The highest BCUT2D eigenvalue weighted by atomic mass is 16.5. The van der Waals surface area contributed by atoms with Crippen LogP contribution in [0.2, 0.25) is 0 Å². The van der Waals surface area contributed by atoms with E-state index in [4.69, 9.17) is 15.9 Å². The molecule has 0 spiro atoms. The topological polar surface area (TPSA) is 138 Å². The van der Waals surface area contributed by atoms with Crippen LogP contribution in [0, 0.1) is 11.3 Å². The van der Waals surface area contributed by atoms with Crippen LogP contribution >= 0.6 is 0 Å². The van der Waals surface area contributed by atoms with Gasteiger partial charge in [-0.15, -0.1) is 0 Å². The number of methoxy groups -OCH3 is 1. The third-order valence-corrected chi connectivity index (χ3v) is 5.42. The van der Waals surface area contributed by atoms with E-state index < -0.39 is 11.2 Å². The van der Waals surface area contributed by atoms with Crippen LogP contribution in [0.15, 0.2) is 33.9 Å². The molecule has 3 N–H and O–H groups in total. The van der Waals surface area contributed by atoms with Gasteiger partial charge in [0, 0.05) is 31.8 Å². The molecule has 0 saturated carbocycles. The number of ether oxygens (including phenoxy) is 1. The Morgan fingerprint density at radius 1 is 1.19 bits per heavy atom. The maximum atomic E-state index is 13.0. The predicted molar refractivity (Wildman–Crippen MR) is 117 cm³/mol. The van der Waals surface area contributed by atoms with Crippen molar-refractivity contribution in [1.82, 2.24) is 18.7 Å². The van der Waals surface area contributed by atoms with Gasteiger partial charge in [0.25, 0.3) is 5.56 Å². The average molecular weight is 426 g/mol. The molecule has 0 bridgehead atoms. The summed E-state index contributed by atoms with van der Waals surface area (Å²) in [5.74, 6) is -0.147. The van der Waals surface area contributed by atoms with Gasteiger partial charge in [0.2, 0.25) is 0 Å². The number of hydrogen-bond donors (Lipinski definition) is 2. The summed E-state index contributed by atoms with van der Waals surface area (Å²) in [6.07, 6.45) is 0.972. The minimum absolute atomic E-state index is 0.0386. The van der Waals surface area contributed by atoms with Crippen LogP contribution in [0.1, 0.15) is 25.3 Å². The highest BCUT2D eigenvalue weighted by Gasteiger charge is 2.20. The molecule has 1 aromatic carbocycles. The first-order chi connectivity index (χ1) is 14.7. The van der Waals surface area contributed by atoms with Gasteiger partial charge in [-0.1, -0.05) is 31.2 Å². The van der Waals surface area contributed by atoms with E-state index in [1.165, 1.54) is 11.7 Å². The van der Waals surface area contributed by atoms with Gasteiger partial charge in [0.15, 0.2) is 5.52 Å². The molecule has 0 aliphatic rings. The van der Waals surface area contributed by atoms with Crippen LogP contribution in [-0.2, 0) is 30.2 Å². The van der Waals surface area contributed by atoms with E-state index in [1.54, 1.807) is 49.9 Å². The average Bonchev–Trinajstić information content (AvgIpc) is 3.11. The molecule has 0 saturated heterocycles. The van der Waals surface area contributed by atoms with Crippen molar-refractivity contribution in [3.8, 4) is 11.4 Å². The number of nitrogens with zero attached hydrogens (tertiary/aromatic N) is 4. The fourth-order valence-electron chi connectivity index (χ4n) is 3.63. The lowest BCUT2D eigenvalue weighted by molar-refractivity contribution is -0.145. The molecular formula is C21H26N6O4. The quantitative estimate of drug-likeness (QED) is 0.328. The number of nitrogens with two attached hydrogens (primary N) is 1. The summed E-state index contributed by atoms with van der Waals surface area (Å²) in [7, 11) is 4.67. The minimum Gasteiger partial charge on any atom is -0.469 e. The van der Waals surface area contributed by atoms with Crippen molar-refractivity contribution in [1.29, 1.82) is 5.41 Å². The summed E-state index contributed by atoms with van der Waals surface area (Å²) in [6, 6.07) is 6.94. The molecule has 0 aliphatic heterocycles. The van der Waals surface area contributed by atoms with E-state index in [0.29, 0.717) is 29.9 Å². The van der Waals surface area contributed by atoms with E-state index in [1.807, 2.05) is 0 Å². The Bertz CT molecular complexity index is 1270. The van der Waals surface area contributed by atoms with Crippen molar-refractivity contribution in [2.75, 3.05) is 7.11 Å². The first kappa shape index (κ1) is 22.0. The van der Waals surface area contributed by atoms with Gasteiger partial charge < -0.3 is 15.0 Å². The van der Waals surface area contributed by atoms with Crippen LogP contribution in [0.25, 0.3) is 22.6 Å². The van der Waals surface area contributed by atoms with Crippen molar-refractivity contribution < 1.29 is 9.53 Å². The Hall–Kier alpha value is -3.69. The third kappa shape index (κ3) is 4.00. The van der Waals surface area contributed by atoms with Crippen molar-refractivity contribution in [3.05, 3.63) is 50.7 Å². The Morgan fingerprint density at radius 3 is 2.42 bits per heavy atom. The molecule has 2 aromatic heterocycles. The lowest BCUT2D eigenvalue weighted by Gasteiger charge is -2.11. The number of nitrogens with one attached hydrogen (secondary N) is 1. The number of hydrogen-bond acceptors (Lipinski definition) is 6. The number of aryl methyl sites for hydroxylation is 2. The number of benzene rings is 1. The van der Waals surface area contributed by atoms with Gasteiger partial charge in [-0.05, 0) is 12.8 Å². The third-order valence-electron chi connectivity index (χ3n) is 5.42. The zero-order valence-corrected chi connectivity index (χ0v) is 18.0. The summed E-state index contributed by atoms with van der Waals surface area (Å²) in [6.45, 7) is 1.93. The SMILES string of the molecule is COC(=O)C(C)CCCn1c(=O)c2nc(-c3ccc(C(=N)N)cc3)n(C)c2n(C)c1=O. The highest BCUT2D eigenvalue weighted by molar-refractivity contribution is 5.95. The number of rotatable bonds is 7. The van der Waals surface area contributed by atoms with E-state index in [0.717, 1.165) is 10.1 Å². The van der Waals surface area contributed by atoms with Gasteiger partial charge in [0.05, 0.1) is 13.0 Å². The van der Waals surface area contributed by atoms with Crippen LogP contribution in [0.5, 0.6) is 0 Å². The van der Waals surface area contributed by atoms with E-state index in [9.17, 15) is 14.4 Å². The van der Waals surface area contributed by atoms with Crippen molar-refractivity contribution in [2.24, 2.45) is 25.7 Å². The molecule has 164 valence electrons. The number of imidazole rings is 1. The zero-order chi connectivity index (χ0) is 22.9. The second-order valence-corrected chi connectivity index (χ2v) is 7.52. The van der Waals surface area contributed by atoms with Gasteiger partial charge in [0.1, 0.15) is 17.3 Å². The number of nitrogen functional groups attached to an aromatic ring is 1. The van der Waals surface area contributed by atoms with E-state index >= 15 is 0 Å². The number of carbonyl (C=O) groups is 1. The summed E-state index contributed by atoms with van der Waals surface area (Å²) in [4.78, 5) is 42.0. The Balaban J connectivity index is 2.01. The van der Waals surface area contributed by atoms with Gasteiger partial charge in [-0.3, -0.25) is 24.1 Å². The van der Waals surface area contributed by atoms with Gasteiger partial charge >= 0.3 is 11.7 Å². The maximum absolute atomic E-state index is 13.0. The summed E-state index contributed by atoms with van der Waals surface area (Å²) in [5, 5.41) is 7.51. The highest BCUT2D eigenvalue weighted by Crippen LogP contribution is 2.22. The Labute approximate surface area is 178 Å². The number of fused-ring (bicyclic) bond motifs is 1. The molecule has 1 atom stereocenters. The fourth-order valence-corrected chi connectivity index (χ4v) is 3.63. The molecule has 31 heavy (non-hydrogen) atoms. The molecule has 1 unspecified atom stereocenters. The smallest absolute Gasteiger partial charge is 0.332 e. The number of aromatic nitrogens is 4. The molecule has 10 heteroatoms. The second-order valence-electron chi connectivity index (χ2n) is 7.52. The van der Waals surface area contributed by atoms with Crippen LogP contribution in [0.4, 0.5) is 0 Å². The molecule has 0 amide bonds. The van der Waals surface area contributed by atoms with E-state index in [-0.39, 0.29) is 29.8 Å². The van der Waals surface area contributed by atoms with Gasteiger partial charge in [-0.25, -0.2) is 9.78 Å². The van der Waals surface area contributed by atoms with Crippen LogP contribution in [-0.4, -0.2) is 37.6 Å². The fraction of sp³-hybridized carbons (Fsp3) is 0.381. The van der Waals surface area contributed by atoms with Crippen molar-refractivity contribution in [3.63, 3.8) is 0 Å². The molecule has 3 aromatic rings. The minimum atomic E-state index is -0.467. The standard InChI is InChI=1S/C21H26N6O4/c1-12(20(29)31-4)6-5-11-27-19(28)15-18(26(3)21(27)30)25(2)17(24-15)14-9-7-13(8-10-14)16(22)23/h7-10,12H,5-6,11H2,1-4H3,(H3,22,23). The molecule has 3 rings (SSSR count). The zero-order valence-electron chi connectivity index (χ0n) is 18.0. The summed E-state index contributed by atoms with van der Waals surface area (Å²) >= 11 is 0. The Morgan fingerprint density at radius 2 is 1.84 bits per heavy atom. The van der Waals surface area contributed by atoms with Crippen molar-refractivity contribution >= 4 is 23.0 Å². The first-order valence-electron chi connectivity index (χ1n) is 9.86. The Kier molecular flexibility index (Phi) is 6.09. The molecule has 2 heterocycles. The second kappa shape index (κ2) is 8.58. The lowest BCUT2D eigenvalue weighted by atomic mass is 10.1.